The van der Waals surface area contributed by atoms with Crippen LogP contribution in [-0.4, -0.2) is 40.5 Å². The average Bonchev–Trinajstić information content (AvgIpc) is 2.62. The Balaban J connectivity index is 1.76. The molecule has 0 fully saturated rings. The molecule has 3 aromatic rings. The lowest BCUT2D eigenvalue weighted by molar-refractivity contribution is 0.0435. The number of fused-ring (bicyclic) bond motifs is 2. The Bertz CT molecular complexity index is 864. The summed E-state index contributed by atoms with van der Waals surface area (Å²) in [5.41, 5.74) is 1.68. The molecular weight excluding hydrogens is 355 g/mol. The van der Waals surface area contributed by atoms with Crippen molar-refractivity contribution in [3.8, 4) is 5.75 Å². The molecule has 3 N–H and O–H groups in total. The maximum atomic E-state index is 10.8. The van der Waals surface area contributed by atoms with Gasteiger partial charge in [-0.1, -0.05) is 24.3 Å². The quantitative estimate of drug-likeness (QED) is 0.240. The third-order valence-electron chi connectivity index (χ3n) is 3.99. The van der Waals surface area contributed by atoms with E-state index in [-0.39, 0.29) is 13.3 Å². The first-order chi connectivity index (χ1) is 12.6. The molecule has 0 amide bonds. The van der Waals surface area contributed by atoms with Crippen LogP contribution in [0.1, 0.15) is 6.92 Å². The fraction of sp³-hybridized carbons (Fsp3) is 0.278. The Morgan fingerprint density at radius 1 is 1.12 bits per heavy atom. The Labute approximate surface area is 151 Å². The van der Waals surface area contributed by atoms with Crippen LogP contribution in [0.25, 0.3) is 21.8 Å². The van der Waals surface area contributed by atoms with Crippen molar-refractivity contribution in [1.29, 1.82) is 0 Å². The molecule has 0 bridgehead atoms. The van der Waals surface area contributed by atoms with Crippen LogP contribution in [0.3, 0.4) is 0 Å². The number of hydrogen-bond donors (Lipinski definition) is 3. The summed E-state index contributed by atoms with van der Waals surface area (Å²) < 4.78 is 21.6. The zero-order valence-corrected chi connectivity index (χ0v) is 15.3. The smallest absolute Gasteiger partial charge is 0.316 e. The van der Waals surface area contributed by atoms with Gasteiger partial charge in [0.15, 0.2) is 0 Å². The number of aliphatic hydroxyl groups is 1. The molecule has 3 rings (SSSR count). The number of aliphatic hydroxyl groups excluding tert-OH is 1. The molecule has 3 unspecified atom stereocenters. The molecular formula is C18H21N2O5P. The van der Waals surface area contributed by atoms with E-state index in [1.165, 1.54) is 6.92 Å². The van der Waals surface area contributed by atoms with Crippen molar-refractivity contribution in [2.24, 2.45) is 0 Å². The molecule has 0 aliphatic rings. The number of ether oxygens (including phenoxy) is 1. The molecule has 0 saturated heterocycles. The highest BCUT2D eigenvalue weighted by atomic mass is 31.1. The van der Waals surface area contributed by atoms with E-state index in [0.717, 1.165) is 21.8 Å². The van der Waals surface area contributed by atoms with Gasteiger partial charge >= 0.3 is 8.25 Å². The highest BCUT2D eigenvalue weighted by molar-refractivity contribution is 7.32. The molecule has 0 saturated carbocycles. The van der Waals surface area contributed by atoms with Crippen LogP contribution < -0.4 is 10.1 Å². The lowest BCUT2D eigenvalue weighted by atomic mass is 10.1. The molecule has 26 heavy (non-hydrogen) atoms. The normalized spacial score (nSPS) is 15.0. The van der Waals surface area contributed by atoms with Gasteiger partial charge in [-0.15, -0.1) is 0 Å². The molecule has 1 aromatic heterocycles. The van der Waals surface area contributed by atoms with Gasteiger partial charge < -0.3 is 19.3 Å². The maximum absolute atomic E-state index is 10.8. The third kappa shape index (κ3) is 4.38. The second kappa shape index (κ2) is 8.58. The van der Waals surface area contributed by atoms with Crippen LogP contribution in [0, 0.1) is 0 Å². The van der Waals surface area contributed by atoms with Crippen molar-refractivity contribution in [2.45, 2.75) is 19.1 Å². The van der Waals surface area contributed by atoms with Gasteiger partial charge in [-0.05, 0) is 31.2 Å². The number of pyridine rings is 1. The van der Waals surface area contributed by atoms with Crippen LogP contribution in [0.4, 0.5) is 0 Å². The lowest BCUT2D eigenvalue weighted by Crippen LogP contribution is -2.37. The summed E-state index contributed by atoms with van der Waals surface area (Å²) in [7, 11) is -3.12. The average molecular weight is 376 g/mol. The van der Waals surface area contributed by atoms with Crippen molar-refractivity contribution < 1.29 is 23.8 Å². The SMILES string of the molecule is CC(O)C(CNCOc1c2ccccc2nc2ccccc12)O[PH](=O)O. The summed E-state index contributed by atoms with van der Waals surface area (Å²) in [5, 5.41) is 14.4. The first-order valence-electron chi connectivity index (χ1n) is 8.25. The zero-order chi connectivity index (χ0) is 18.5. The summed E-state index contributed by atoms with van der Waals surface area (Å²) in [6.07, 6.45) is -1.67. The standard InChI is InChI=1S/C18H21N2O5P/c1-12(21)17(25-26(22)23)10-19-11-24-18-13-6-2-4-8-15(13)20-16-9-5-3-7-14(16)18/h2-9,12,17,19,21,26H,10-11H2,1H3,(H,22,23). The van der Waals surface area contributed by atoms with Crippen LogP contribution >= 0.6 is 8.25 Å². The third-order valence-corrected chi connectivity index (χ3v) is 4.50. The number of nitrogens with one attached hydrogen (secondary N) is 1. The van der Waals surface area contributed by atoms with Crippen LogP contribution in [0.5, 0.6) is 5.75 Å². The van der Waals surface area contributed by atoms with Crippen molar-refractivity contribution in [3.05, 3.63) is 48.5 Å². The van der Waals surface area contributed by atoms with Gasteiger partial charge in [0.1, 0.15) is 18.6 Å². The zero-order valence-electron chi connectivity index (χ0n) is 14.3. The number of hydrogen-bond acceptors (Lipinski definition) is 6. The first-order valence-corrected chi connectivity index (χ1v) is 9.51. The van der Waals surface area contributed by atoms with Crippen LogP contribution in [0.2, 0.25) is 0 Å². The number of benzene rings is 2. The van der Waals surface area contributed by atoms with E-state index in [4.69, 9.17) is 14.2 Å². The predicted octanol–water partition coefficient (Wildman–Crippen LogP) is 2.46. The Morgan fingerprint density at radius 3 is 2.23 bits per heavy atom. The van der Waals surface area contributed by atoms with Gasteiger partial charge in [-0.2, -0.15) is 0 Å². The number of rotatable bonds is 8. The van der Waals surface area contributed by atoms with E-state index in [1.54, 1.807) is 0 Å². The number of aromatic nitrogens is 1. The van der Waals surface area contributed by atoms with Crippen LogP contribution in [0.15, 0.2) is 48.5 Å². The molecule has 3 atom stereocenters. The Morgan fingerprint density at radius 2 is 1.69 bits per heavy atom. The molecule has 138 valence electrons. The summed E-state index contributed by atoms with van der Waals surface area (Å²) in [5.74, 6) is 0.712. The summed E-state index contributed by atoms with van der Waals surface area (Å²) >= 11 is 0. The van der Waals surface area contributed by atoms with Gasteiger partial charge in [0.2, 0.25) is 0 Å². The molecule has 8 heteroatoms. The van der Waals surface area contributed by atoms with Crippen molar-refractivity contribution in [1.82, 2.24) is 10.3 Å². The van der Waals surface area contributed by atoms with E-state index in [0.29, 0.717) is 5.75 Å². The van der Waals surface area contributed by atoms with Crippen molar-refractivity contribution in [2.75, 3.05) is 13.3 Å². The molecule has 7 nitrogen and oxygen atoms in total. The highest BCUT2D eigenvalue weighted by Crippen LogP contribution is 2.32. The first kappa shape index (κ1) is 18.8. The molecule has 0 aliphatic heterocycles. The van der Waals surface area contributed by atoms with E-state index >= 15 is 0 Å². The minimum atomic E-state index is -3.12. The second-order valence-electron chi connectivity index (χ2n) is 5.88. The predicted molar refractivity (Wildman–Crippen MR) is 101 cm³/mol. The monoisotopic (exact) mass is 376 g/mol. The van der Waals surface area contributed by atoms with E-state index in [9.17, 15) is 9.67 Å². The maximum Gasteiger partial charge on any atom is 0.316 e. The van der Waals surface area contributed by atoms with Gasteiger partial charge in [0.05, 0.1) is 17.1 Å². The van der Waals surface area contributed by atoms with Gasteiger partial charge in [-0.25, -0.2) is 4.98 Å². The Kier molecular flexibility index (Phi) is 6.19. The van der Waals surface area contributed by atoms with Crippen LogP contribution in [-0.2, 0) is 9.09 Å². The van der Waals surface area contributed by atoms with E-state index in [2.05, 4.69) is 10.3 Å². The van der Waals surface area contributed by atoms with Crippen molar-refractivity contribution >= 4 is 30.1 Å². The van der Waals surface area contributed by atoms with Gasteiger partial charge in [-0.3, -0.25) is 9.88 Å². The molecule has 2 aromatic carbocycles. The fourth-order valence-corrected chi connectivity index (χ4v) is 3.26. The molecule has 0 aliphatic carbocycles. The van der Waals surface area contributed by atoms with E-state index in [1.807, 2.05) is 48.5 Å². The molecule has 1 heterocycles. The van der Waals surface area contributed by atoms with E-state index < -0.39 is 20.5 Å². The summed E-state index contributed by atoms with van der Waals surface area (Å²) in [6, 6.07) is 15.5. The largest absolute Gasteiger partial charge is 0.477 e. The Hall–Kier alpha value is -2.02. The fourth-order valence-electron chi connectivity index (χ4n) is 2.72. The highest BCUT2D eigenvalue weighted by Gasteiger charge is 2.17. The van der Waals surface area contributed by atoms with Gasteiger partial charge in [0.25, 0.3) is 0 Å². The number of nitrogens with zero attached hydrogens (tertiary/aromatic N) is 1. The lowest BCUT2D eigenvalue weighted by Gasteiger charge is -2.20. The minimum absolute atomic E-state index is 0.150. The minimum Gasteiger partial charge on any atom is -0.477 e. The second-order valence-corrected chi connectivity index (χ2v) is 6.65. The summed E-state index contributed by atoms with van der Waals surface area (Å²) in [6.45, 7) is 1.83. The molecule has 0 radical (unpaired) electrons. The summed E-state index contributed by atoms with van der Waals surface area (Å²) in [4.78, 5) is 13.5. The van der Waals surface area contributed by atoms with Gasteiger partial charge in [0, 0.05) is 17.3 Å². The topological polar surface area (TPSA) is 101 Å². The molecule has 0 spiro atoms. The van der Waals surface area contributed by atoms with Crippen molar-refractivity contribution in [3.63, 3.8) is 0 Å². The number of para-hydroxylation sites is 2.